The number of oxazole rings is 1. The zero-order valence-corrected chi connectivity index (χ0v) is 8.40. The van der Waals surface area contributed by atoms with E-state index in [1.807, 2.05) is 0 Å². The molecule has 4 nitrogen and oxygen atoms in total. The molecular weight excluding hydrogens is 180 g/mol. The number of rotatable bonds is 4. The van der Waals surface area contributed by atoms with Crippen molar-refractivity contribution in [2.45, 2.75) is 38.5 Å². The highest BCUT2D eigenvalue weighted by atomic mass is 16.5. The topological polar surface area (TPSA) is 47.3 Å². The lowest BCUT2D eigenvalue weighted by molar-refractivity contribution is 0.0826. The summed E-state index contributed by atoms with van der Waals surface area (Å²) in [7, 11) is 0. The second-order valence-corrected chi connectivity index (χ2v) is 3.69. The Kier molecular flexibility index (Phi) is 3.16. The number of ether oxygens (including phenoxy) is 1. The number of hydrogen-bond acceptors (Lipinski definition) is 4. The standard InChI is InChI=1S/C10H16N2O2/c1-8(10-3-2-4-13-10)12-6-9-5-11-7-14-9/h5,7-8,10,12H,2-4,6H2,1H3. The van der Waals surface area contributed by atoms with E-state index in [0.717, 1.165) is 25.3 Å². The molecule has 0 bridgehead atoms. The molecular formula is C10H16N2O2. The Bertz CT molecular complexity index is 255. The van der Waals surface area contributed by atoms with Crippen LogP contribution in [0.3, 0.4) is 0 Å². The summed E-state index contributed by atoms with van der Waals surface area (Å²) in [5.74, 6) is 0.870. The molecule has 0 spiro atoms. The van der Waals surface area contributed by atoms with Gasteiger partial charge in [0.1, 0.15) is 5.76 Å². The molecule has 2 unspecified atom stereocenters. The van der Waals surface area contributed by atoms with E-state index < -0.39 is 0 Å². The summed E-state index contributed by atoms with van der Waals surface area (Å²) >= 11 is 0. The maximum atomic E-state index is 5.58. The van der Waals surface area contributed by atoms with Gasteiger partial charge < -0.3 is 14.5 Å². The first kappa shape index (κ1) is 9.68. The first-order chi connectivity index (χ1) is 6.86. The molecule has 1 fully saturated rings. The van der Waals surface area contributed by atoms with E-state index in [4.69, 9.17) is 9.15 Å². The zero-order chi connectivity index (χ0) is 9.80. The van der Waals surface area contributed by atoms with Crippen molar-refractivity contribution in [1.82, 2.24) is 10.3 Å². The van der Waals surface area contributed by atoms with Crippen molar-refractivity contribution in [2.24, 2.45) is 0 Å². The van der Waals surface area contributed by atoms with Gasteiger partial charge in [0.2, 0.25) is 0 Å². The molecule has 2 heterocycles. The maximum Gasteiger partial charge on any atom is 0.180 e. The highest BCUT2D eigenvalue weighted by Gasteiger charge is 2.21. The smallest absolute Gasteiger partial charge is 0.180 e. The lowest BCUT2D eigenvalue weighted by Crippen LogP contribution is -2.36. The van der Waals surface area contributed by atoms with Crippen molar-refractivity contribution in [3.05, 3.63) is 18.4 Å². The van der Waals surface area contributed by atoms with Crippen LogP contribution in [0.5, 0.6) is 0 Å². The quantitative estimate of drug-likeness (QED) is 0.789. The second kappa shape index (κ2) is 4.57. The van der Waals surface area contributed by atoms with E-state index in [1.165, 1.54) is 12.8 Å². The summed E-state index contributed by atoms with van der Waals surface area (Å²) in [5.41, 5.74) is 0. The summed E-state index contributed by atoms with van der Waals surface area (Å²) in [6, 6.07) is 0.377. The molecule has 2 rings (SSSR count). The van der Waals surface area contributed by atoms with Crippen LogP contribution in [-0.4, -0.2) is 23.7 Å². The van der Waals surface area contributed by atoms with Crippen LogP contribution in [0.2, 0.25) is 0 Å². The van der Waals surface area contributed by atoms with Crippen LogP contribution in [0.25, 0.3) is 0 Å². The molecule has 1 aromatic rings. The molecule has 4 heteroatoms. The molecule has 2 atom stereocenters. The van der Waals surface area contributed by atoms with E-state index in [1.54, 1.807) is 6.20 Å². The number of aromatic nitrogens is 1. The molecule has 0 radical (unpaired) electrons. The van der Waals surface area contributed by atoms with Crippen molar-refractivity contribution in [2.75, 3.05) is 6.61 Å². The molecule has 0 aromatic carbocycles. The van der Waals surface area contributed by atoms with Crippen LogP contribution >= 0.6 is 0 Å². The van der Waals surface area contributed by atoms with Crippen LogP contribution in [0.15, 0.2) is 17.0 Å². The Hall–Kier alpha value is -0.870. The highest BCUT2D eigenvalue weighted by Crippen LogP contribution is 2.15. The van der Waals surface area contributed by atoms with Gasteiger partial charge in [-0.05, 0) is 19.8 Å². The lowest BCUT2D eigenvalue weighted by Gasteiger charge is -2.19. The minimum Gasteiger partial charge on any atom is -0.447 e. The van der Waals surface area contributed by atoms with Gasteiger partial charge in [-0.25, -0.2) is 4.98 Å². The molecule has 78 valence electrons. The van der Waals surface area contributed by atoms with Gasteiger partial charge >= 0.3 is 0 Å². The first-order valence-electron chi connectivity index (χ1n) is 5.08. The fraction of sp³-hybridized carbons (Fsp3) is 0.700. The van der Waals surface area contributed by atoms with Crippen LogP contribution in [-0.2, 0) is 11.3 Å². The average Bonchev–Trinajstić information content (AvgIpc) is 2.87. The molecule has 0 saturated carbocycles. The lowest BCUT2D eigenvalue weighted by atomic mass is 10.1. The predicted octanol–water partition coefficient (Wildman–Crippen LogP) is 1.33. The van der Waals surface area contributed by atoms with Crippen LogP contribution < -0.4 is 5.32 Å². The average molecular weight is 196 g/mol. The monoisotopic (exact) mass is 196 g/mol. The third-order valence-corrected chi connectivity index (χ3v) is 2.60. The normalized spacial score (nSPS) is 23.9. The summed E-state index contributed by atoms with van der Waals surface area (Å²) in [6.45, 7) is 3.77. The Morgan fingerprint density at radius 3 is 3.29 bits per heavy atom. The van der Waals surface area contributed by atoms with E-state index in [9.17, 15) is 0 Å². The van der Waals surface area contributed by atoms with Gasteiger partial charge in [0.25, 0.3) is 0 Å². The largest absolute Gasteiger partial charge is 0.447 e. The van der Waals surface area contributed by atoms with Gasteiger partial charge in [-0.2, -0.15) is 0 Å². The van der Waals surface area contributed by atoms with Gasteiger partial charge in [-0.15, -0.1) is 0 Å². The van der Waals surface area contributed by atoms with Crippen molar-refractivity contribution in [3.63, 3.8) is 0 Å². The summed E-state index contributed by atoms with van der Waals surface area (Å²) in [5, 5.41) is 3.37. The molecule has 1 N–H and O–H groups in total. The van der Waals surface area contributed by atoms with Crippen LogP contribution in [0, 0.1) is 0 Å². The Morgan fingerprint density at radius 2 is 2.64 bits per heavy atom. The van der Waals surface area contributed by atoms with Gasteiger partial charge in [-0.1, -0.05) is 0 Å². The number of nitrogens with one attached hydrogen (secondary N) is 1. The molecule has 0 amide bonds. The molecule has 14 heavy (non-hydrogen) atoms. The summed E-state index contributed by atoms with van der Waals surface area (Å²) in [6.07, 6.45) is 5.88. The third-order valence-electron chi connectivity index (χ3n) is 2.60. The molecule has 0 aliphatic carbocycles. The van der Waals surface area contributed by atoms with Crippen LogP contribution in [0.4, 0.5) is 0 Å². The van der Waals surface area contributed by atoms with Gasteiger partial charge in [-0.3, -0.25) is 0 Å². The Morgan fingerprint density at radius 1 is 1.71 bits per heavy atom. The first-order valence-corrected chi connectivity index (χ1v) is 5.08. The van der Waals surface area contributed by atoms with Crippen molar-refractivity contribution in [3.8, 4) is 0 Å². The van der Waals surface area contributed by atoms with Gasteiger partial charge in [0.05, 0.1) is 18.8 Å². The third kappa shape index (κ3) is 2.33. The number of nitrogens with zero attached hydrogens (tertiary/aromatic N) is 1. The van der Waals surface area contributed by atoms with Crippen molar-refractivity contribution in [1.29, 1.82) is 0 Å². The molecule has 1 saturated heterocycles. The highest BCUT2D eigenvalue weighted by molar-refractivity contribution is 4.89. The summed E-state index contributed by atoms with van der Waals surface area (Å²) in [4.78, 5) is 3.86. The second-order valence-electron chi connectivity index (χ2n) is 3.69. The SMILES string of the molecule is CC(NCc1cnco1)C1CCCO1. The van der Waals surface area contributed by atoms with E-state index in [-0.39, 0.29) is 0 Å². The minimum absolute atomic E-state index is 0.359. The van der Waals surface area contributed by atoms with Crippen LogP contribution in [0.1, 0.15) is 25.5 Å². The molecule has 1 aliphatic rings. The van der Waals surface area contributed by atoms with E-state index in [0.29, 0.717) is 12.1 Å². The minimum atomic E-state index is 0.359. The zero-order valence-electron chi connectivity index (χ0n) is 8.40. The number of hydrogen-bond donors (Lipinski definition) is 1. The fourth-order valence-corrected chi connectivity index (χ4v) is 1.72. The van der Waals surface area contributed by atoms with E-state index in [2.05, 4.69) is 17.2 Å². The summed E-state index contributed by atoms with van der Waals surface area (Å²) < 4.78 is 10.7. The molecule has 1 aromatic heterocycles. The van der Waals surface area contributed by atoms with Crippen molar-refractivity contribution < 1.29 is 9.15 Å². The predicted molar refractivity (Wildman–Crippen MR) is 51.8 cm³/mol. The Labute approximate surface area is 83.7 Å². The maximum absolute atomic E-state index is 5.58. The van der Waals surface area contributed by atoms with Gasteiger partial charge in [0.15, 0.2) is 6.39 Å². The Balaban J connectivity index is 1.74. The molecule has 1 aliphatic heterocycles. The van der Waals surface area contributed by atoms with Gasteiger partial charge in [0, 0.05) is 12.6 Å². The van der Waals surface area contributed by atoms with Crippen molar-refractivity contribution >= 4 is 0 Å². The fourth-order valence-electron chi connectivity index (χ4n) is 1.72. The van der Waals surface area contributed by atoms with E-state index >= 15 is 0 Å².